The van der Waals surface area contributed by atoms with E-state index in [0.29, 0.717) is 30.8 Å². The highest BCUT2D eigenvalue weighted by molar-refractivity contribution is 7.99. The molecule has 0 atom stereocenters. The van der Waals surface area contributed by atoms with E-state index in [4.69, 9.17) is 0 Å². The van der Waals surface area contributed by atoms with Gasteiger partial charge in [0.05, 0.1) is 29.6 Å². The second-order valence-electron chi connectivity index (χ2n) is 5.67. The van der Waals surface area contributed by atoms with Crippen LogP contribution in [-0.4, -0.2) is 56.3 Å². The molecular formula is C16H17F3N4OS. The largest absolute Gasteiger partial charge is 0.389 e. The van der Waals surface area contributed by atoms with Crippen molar-refractivity contribution in [1.29, 1.82) is 0 Å². The Morgan fingerprint density at radius 2 is 2.12 bits per heavy atom. The van der Waals surface area contributed by atoms with Crippen molar-refractivity contribution in [3.8, 4) is 5.69 Å². The monoisotopic (exact) mass is 370 g/mol. The Kier molecular flexibility index (Phi) is 5.31. The van der Waals surface area contributed by atoms with Gasteiger partial charge in [-0.15, -0.1) is 0 Å². The van der Waals surface area contributed by atoms with E-state index in [-0.39, 0.29) is 11.7 Å². The van der Waals surface area contributed by atoms with E-state index in [1.807, 2.05) is 6.07 Å². The van der Waals surface area contributed by atoms with Crippen LogP contribution in [0.2, 0.25) is 0 Å². The summed E-state index contributed by atoms with van der Waals surface area (Å²) in [5.41, 5.74) is 2.07. The van der Waals surface area contributed by atoms with E-state index < -0.39 is 12.6 Å². The predicted octanol–water partition coefficient (Wildman–Crippen LogP) is 2.95. The Morgan fingerprint density at radius 3 is 2.84 bits per heavy atom. The summed E-state index contributed by atoms with van der Waals surface area (Å²) in [6.07, 6.45) is 0.741. The highest BCUT2D eigenvalue weighted by Crippen LogP contribution is 2.23. The number of fused-ring (bicyclic) bond motifs is 1. The normalized spacial score (nSPS) is 14.7. The zero-order chi connectivity index (χ0) is 17.9. The number of nitrogens with zero attached hydrogens (tertiary/aromatic N) is 4. The summed E-state index contributed by atoms with van der Waals surface area (Å²) in [5, 5.41) is 4.44. The third-order valence-electron chi connectivity index (χ3n) is 3.87. The molecule has 0 spiro atoms. The molecule has 1 aliphatic heterocycles. The number of amides is 1. The Morgan fingerprint density at radius 1 is 1.28 bits per heavy atom. The first-order valence-corrected chi connectivity index (χ1v) is 9.02. The zero-order valence-electron chi connectivity index (χ0n) is 13.4. The van der Waals surface area contributed by atoms with Crippen molar-refractivity contribution in [3.63, 3.8) is 0 Å². The third kappa shape index (κ3) is 4.53. The second kappa shape index (κ2) is 7.47. The number of halogens is 3. The molecule has 9 heteroatoms. The van der Waals surface area contributed by atoms with E-state index in [2.05, 4.69) is 10.1 Å². The van der Waals surface area contributed by atoms with Crippen molar-refractivity contribution in [2.75, 3.05) is 24.6 Å². The predicted molar refractivity (Wildman–Crippen MR) is 89.0 cm³/mol. The quantitative estimate of drug-likeness (QED) is 0.734. The fourth-order valence-electron chi connectivity index (χ4n) is 2.59. The Hall–Kier alpha value is -2.03. The average molecular weight is 370 g/mol. The van der Waals surface area contributed by atoms with Crippen molar-refractivity contribution in [2.24, 2.45) is 0 Å². The number of alkyl halides is 3. The van der Waals surface area contributed by atoms with Gasteiger partial charge in [-0.3, -0.25) is 9.78 Å². The summed E-state index contributed by atoms with van der Waals surface area (Å²) in [6, 6.07) is 3.65. The average Bonchev–Trinajstić information content (AvgIpc) is 3.01. The standard InChI is InChI=1S/C16H17F3N4OS/c17-16(18,19)4-8-25-9-7-22-6-3-14-13(15(22)24)11-23(21-14)12-2-1-5-20-10-12/h1-2,5,10-11H,3-4,6-9H2. The number of pyridine rings is 1. The lowest BCUT2D eigenvalue weighted by molar-refractivity contribution is -0.129. The second-order valence-corrected chi connectivity index (χ2v) is 6.89. The molecule has 0 aromatic carbocycles. The van der Waals surface area contributed by atoms with Crippen LogP contribution >= 0.6 is 11.8 Å². The van der Waals surface area contributed by atoms with Gasteiger partial charge in [0.25, 0.3) is 5.91 Å². The van der Waals surface area contributed by atoms with Crippen LogP contribution in [0.5, 0.6) is 0 Å². The summed E-state index contributed by atoms with van der Waals surface area (Å²) in [4.78, 5) is 18.3. The van der Waals surface area contributed by atoms with Crippen LogP contribution in [0.3, 0.4) is 0 Å². The molecule has 1 amide bonds. The summed E-state index contributed by atoms with van der Waals surface area (Å²) in [6.45, 7) is 0.981. The highest BCUT2D eigenvalue weighted by Gasteiger charge is 2.28. The number of carbonyl (C=O) groups excluding carboxylic acids is 1. The first-order chi connectivity index (χ1) is 11.9. The summed E-state index contributed by atoms with van der Waals surface area (Å²) in [7, 11) is 0. The first kappa shape index (κ1) is 17.8. The molecule has 134 valence electrons. The minimum absolute atomic E-state index is 0.0235. The molecule has 0 saturated heterocycles. The van der Waals surface area contributed by atoms with Gasteiger partial charge in [-0.2, -0.15) is 30.0 Å². The molecule has 5 nitrogen and oxygen atoms in total. The van der Waals surface area contributed by atoms with Gasteiger partial charge in [0.15, 0.2) is 0 Å². The Balaban J connectivity index is 1.57. The van der Waals surface area contributed by atoms with Crippen LogP contribution in [-0.2, 0) is 6.42 Å². The molecule has 0 N–H and O–H groups in total. The summed E-state index contributed by atoms with van der Waals surface area (Å²) in [5.74, 6) is 0.400. The van der Waals surface area contributed by atoms with Crippen molar-refractivity contribution in [2.45, 2.75) is 19.0 Å². The van der Waals surface area contributed by atoms with Crippen LogP contribution in [0.15, 0.2) is 30.7 Å². The lowest BCUT2D eigenvalue weighted by Crippen LogP contribution is -2.38. The van der Waals surface area contributed by atoms with Gasteiger partial charge in [0.2, 0.25) is 0 Å². The van der Waals surface area contributed by atoms with E-state index in [0.717, 1.165) is 11.4 Å². The van der Waals surface area contributed by atoms with Gasteiger partial charge < -0.3 is 4.90 Å². The molecule has 0 bridgehead atoms. The fraction of sp³-hybridized carbons (Fsp3) is 0.438. The number of hydrogen-bond acceptors (Lipinski definition) is 4. The topological polar surface area (TPSA) is 51.0 Å². The molecule has 3 rings (SSSR count). The Labute approximate surface area is 147 Å². The molecule has 0 unspecified atom stereocenters. The minimum atomic E-state index is -4.12. The third-order valence-corrected chi connectivity index (χ3v) is 4.84. The molecule has 25 heavy (non-hydrogen) atoms. The smallest absolute Gasteiger partial charge is 0.337 e. The van der Waals surface area contributed by atoms with Crippen molar-refractivity contribution in [3.05, 3.63) is 42.0 Å². The highest BCUT2D eigenvalue weighted by atomic mass is 32.2. The number of carbonyl (C=O) groups is 1. The van der Waals surface area contributed by atoms with Crippen molar-refractivity contribution in [1.82, 2.24) is 19.7 Å². The molecule has 3 heterocycles. The van der Waals surface area contributed by atoms with Gasteiger partial charge in [-0.05, 0) is 12.1 Å². The van der Waals surface area contributed by atoms with E-state index in [1.165, 1.54) is 11.8 Å². The van der Waals surface area contributed by atoms with Crippen LogP contribution in [0.4, 0.5) is 13.2 Å². The molecule has 0 fully saturated rings. The summed E-state index contributed by atoms with van der Waals surface area (Å²) >= 11 is 1.22. The van der Waals surface area contributed by atoms with Gasteiger partial charge in [-0.25, -0.2) is 4.68 Å². The van der Waals surface area contributed by atoms with Crippen LogP contribution in [0.25, 0.3) is 5.69 Å². The van der Waals surface area contributed by atoms with E-state index in [1.54, 1.807) is 34.2 Å². The maximum absolute atomic E-state index is 12.6. The van der Waals surface area contributed by atoms with Gasteiger partial charge in [0, 0.05) is 43.4 Å². The maximum Gasteiger partial charge on any atom is 0.389 e. The number of rotatable bonds is 6. The van der Waals surface area contributed by atoms with Gasteiger partial charge in [0.1, 0.15) is 0 Å². The number of aromatic nitrogens is 3. The van der Waals surface area contributed by atoms with Crippen LogP contribution < -0.4 is 0 Å². The lowest BCUT2D eigenvalue weighted by atomic mass is 10.1. The molecular weight excluding hydrogens is 353 g/mol. The lowest BCUT2D eigenvalue weighted by Gasteiger charge is -2.25. The first-order valence-electron chi connectivity index (χ1n) is 7.87. The molecule has 2 aromatic heterocycles. The molecule has 0 aliphatic carbocycles. The SMILES string of the molecule is O=C1c2cn(-c3cccnc3)nc2CCN1CCSCCC(F)(F)F. The van der Waals surface area contributed by atoms with Gasteiger partial charge >= 0.3 is 6.18 Å². The summed E-state index contributed by atoms with van der Waals surface area (Å²) < 4.78 is 38.0. The minimum Gasteiger partial charge on any atom is -0.337 e. The van der Waals surface area contributed by atoms with Crippen molar-refractivity contribution < 1.29 is 18.0 Å². The zero-order valence-corrected chi connectivity index (χ0v) is 14.2. The van der Waals surface area contributed by atoms with E-state index in [9.17, 15) is 18.0 Å². The van der Waals surface area contributed by atoms with Crippen LogP contribution in [0, 0.1) is 0 Å². The van der Waals surface area contributed by atoms with Gasteiger partial charge in [-0.1, -0.05) is 0 Å². The number of hydrogen-bond donors (Lipinski definition) is 0. The molecule has 1 aliphatic rings. The maximum atomic E-state index is 12.6. The van der Waals surface area contributed by atoms with Crippen molar-refractivity contribution >= 4 is 17.7 Å². The fourth-order valence-corrected chi connectivity index (χ4v) is 3.51. The number of thioether (sulfide) groups is 1. The Bertz CT molecular complexity index is 733. The van der Waals surface area contributed by atoms with Crippen LogP contribution in [0.1, 0.15) is 22.5 Å². The molecule has 0 saturated carbocycles. The molecule has 2 aromatic rings. The molecule has 0 radical (unpaired) electrons. The van der Waals surface area contributed by atoms with E-state index >= 15 is 0 Å².